The van der Waals surface area contributed by atoms with Crippen LogP contribution < -0.4 is 4.74 Å². The average molecular weight is 373 g/mol. The van der Waals surface area contributed by atoms with Crippen LogP contribution in [-0.4, -0.2) is 26.5 Å². The first-order chi connectivity index (χ1) is 12.6. The standard InChI is InChI=1S/C20H17ClO5/c1-24-18-9-13(5-8-19(23)25-2)16(11-22)15-10-17(26-20(15)18)12-3-6-14(21)7-4-12/h3-4,6-7,9-11H,5,8H2,1-2H3. The van der Waals surface area contributed by atoms with E-state index in [4.69, 9.17) is 20.8 Å². The fraction of sp³-hybridized carbons (Fsp3) is 0.200. The molecular weight excluding hydrogens is 356 g/mol. The molecule has 0 saturated carbocycles. The Kier molecular flexibility index (Phi) is 5.28. The number of halogens is 1. The fourth-order valence-corrected chi connectivity index (χ4v) is 2.97. The zero-order chi connectivity index (χ0) is 18.7. The first-order valence-electron chi connectivity index (χ1n) is 7.98. The van der Waals surface area contributed by atoms with Crippen molar-refractivity contribution in [2.75, 3.05) is 14.2 Å². The monoisotopic (exact) mass is 372 g/mol. The van der Waals surface area contributed by atoms with Crippen LogP contribution in [0, 0.1) is 0 Å². The van der Waals surface area contributed by atoms with Crippen molar-refractivity contribution in [1.82, 2.24) is 0 Å². The third-order valence-corrected chi connectivity index (χ3v) is 4.44. The number of ether oxygens (including phenoxy) is 2. The second-order valence-corrected chi connectivity index (χ2v) is 6.14. The van der Waals surface area contributed by atoms with E-state index in [0.29, 0.717) is 45.0 Å². The van der Waals surface area contributed by atoms with Crippen LogP contribution in [0.25, 0.3) is 22.3 Å². The van der Waals surface area contributed by atoms with Gasteiger partial charge in [0.05, 0.1) is 14.2 Å². The van der Waals surface area contributed by atoms with Crippen LogP contribution in [0.4, 0.5) is 0 Å². The molecule has 0 saturated heterocycles. The molecule has 0 spiro atoms. The van der Waals surface area contributed by atoms with Crippen LogP contribution in [0.15, 0.2) is 40.8 Å². The number of hydrogen-bond donors (Lipinski definition) is 0. The van der Waals surface area contributed by atoms with Gasteiger partial charge in [-0.05, 0) is 48.4 Å². The van der Waals surface area contributed by atoms with Crippen LogP contribution in [-0.2, 0) is 16.0 Å². The number of carbonyl (C=O) groups is 2. The summed E-state index contributed by atoms with van der Waals surface area (Å²) in [6.07, 6.45) is 1.32. The lowest BCUT2D eigenvalue weighted by Gasteiger charge is -2.09. The lowest BCUT2D eigenvalue weighted by atomic mass is 9.99. The van der Waals surface area contributed by atoms with E-state index in [1.54, 1.807) is 24.3 Å². The molecule has 0 amide bonds. The van der Waals surface area contributed by atoms with E-state index in [1.165, 1.54) is 14.2 Å². The molecule has 0 aliphatic carbocycles. The lowest BCUT2D eigenvalue weighted by Crippen LogP contribution is -2.04. The highest BCUT2D eigenvalue weighted by molar-refractivity contribution is 6.30. The molecule has 0 atom stereocenters. The van der Waals surface area contributed by atoms with Gasteiger partial charge in [0.25, 0.3) is 0 Å². The van der Waals surface area contributed by atoms with E-state index >= 15 is 0 Å². The number of carbonyl (C=O) groups excluding carboxylic acids is 2. The minimum absolute atomic E-state index is 0.174. The number of hydrogen-bond acceptors (Lipinski definition) is 5. The molecule has 1 aromatic heterocycles. The van der Waals surface area contributed by atoms with Crippen molar-refractivity contribution in [1.29, 1.82) is 0 Å². The second-order valence-electron chi connectivity index (χ2n) is 5.71. The van der Waals surface area contributed by atoms with Gasteiger partial charge >= 0.3 is 5.97 Å². The number of aldehydes is 1. The van der Waals surface area contributed by atoms with Crippen LogP contribution >= 0.6 is 11.6 Å². The molecule has 2 aromatic carbocycles. The molecule has 0 unspecified atom stereocenters. The maximum atomic E-state index is 11.7. The van der Waals surface area contributed by atoms with E-state index in [2.05, 4.69) is 4.74 Å². The molecular formula is C20H17ClO5. The van der Waals surface area contributed by atoms with Crippen molar-refractivity contribution in [3.8, 4) is 17.1 Å². The summed E-state index contributed by atoms with van der Waals surface area (Å²) < 4.78 is 16.0. The van der Waals surface area contributed by atoms with Gasteiger partial charge in [0, 0.05) is 28.0 Å². The smallest absolute Gasteiger partial charge is 0.305 e. The highest BCUT2D eigenvalue weighted by Gasteiger charge is 2.18. The van der Waals surface area contributed by atoms with Crippen molar-refractivity contribution in [3.05, 3.63) is 52.5 Å². The molecule has 134 valence electrons. The van der Waals surface area contributed by atoms with Gasteiger partial charge in [0.15, 0.2) is 17.6 Å². The number of furan rings is 1. The summed E-state index contributed by atoms with van der Waals surface area (Å²) in [4.78, 5) is 23.2. The van der Waals surface area contributed by atoms with Crippen molar-refractivity contribution in [3.63, 3.8) is 0 Å². The number of benzene rings is 2. The number of fused-ring (bicyclic) bond motifs is 1. The Morgan fingerprint density at radius 1 is 1.19 bits per heavy atom. The topological polar surface area (TPSA) is 65.7 Å². The Morgan fingerprint density at radius 2 is 1.92 bits per heavy atom. The molecule has 26 heavy (non-hydrogen) atoms. The Bertz CT molecular complexity index is 956. The largest absolute Gasteiger partial charge is 0.493 e. The molecule has 3 aromatic rings. The fourth-order valence-electron chi connectivity index (χ4n) is 2.84. The number of rotatable bonds is 6. The van der Waals surface area contributed by atoms with Gasteiger partial charge in [-0.15, -0.1) is 0 Å². The molecule has 0 N–H and O–H groups in total. The second kappa shape index (κ2) is 7.62. The summed E-state index contributed by atoms with van der Waals surface area (Å²) in [7, 11) is 2.87. The van der Waals surface area contributed by atoms with Gasteiger partial charge in [0.2, 0.25) is 0 Å². The number of methoxy groups -OCH3 is 2. The number of esters is 1. The van der Waals surface area contributed by atoms with E-state index in [1.807, 2.05) is 12.1 Å². The molecule has 6 heteroatoms. The summed E-state index contributed by atoms with van der Waals surface area (Å²) in [6.45, 7) is 0. The van der Waals surface area contributed by atoms with Crippen LogP contribution in [0.2, 0.25) is 5.02 Å². The Morgan fingerprint density at radius 3 is 2.54 bits per heavy atom. The molecule has 5 nitrogen and oxygen atoms in total. The number of aryl methyl sites for hydroxylation is 1. The van der Waals surface area contributed by atoms with Gasteiger partial charge in [-0.1, -0.05) is 11.6 Å². The molecule has 0 radical (unpaired) electrons. The summed E-state index contributed by atoms with van der Waals surface area (Å²) in [5.41, 5.74) is 2.51. The van der Waals surface area contributed by atoms with Crippen molar-refractivity contribution in [2.45, 2.75) is 12.8 Å². The van der Waals surface area contributed by atoms with E-state index in [9.17, 15) is 9.59 Å². The highest BCUT2D eigenvalue weighted by atomic mass is 35.5. The van der Waals surface area contributed by atoms with Crippen molar-refractivity contribution >= 4 is 34.8 Å². The first kappa shape index (κ1) is 18.0. The third-order valence-electron chi connectivity index (χ3n) is 4.19. The highest BCUT2D eigenvalue weighted by Crippen LogP contribution is 2.37. The van der Waals surface area contributed by atoms with Gasteiger partial charge in [-0.25, -0.2) is 0 Å². The molecule has 1 heterocycles. The summed E-state index contributed by atoms with van der Waals surface area (Å²) in [5, 5.41) is 1.27. The maximum absolute atomic E-state index is 11.7. The first-order valence-corrected chi connectivity index (χ1v) is 8.36. The summed E-state index contributed by atoms with van der Waals surface area (Å²) in [6, 6.07) is 10.7. The van der Waals surface area contributed by atoms with E-state index in [0.717, 1.165) is 11.8 Å². The normalized spacial score (nSPS) is 10.7. The van der Waals surface area contributed by atoms with E-state index < -0.39 is 0 Å². The lowest BCUT2D eigenvalue weighted by molar-refractivity contribution is -0.140. The Labute approximate surface area is 155 Å². The molecule has 0 aliphatic rings. The zero-order valence-corrected chi connectivity index (χ0v) is 15.1. The summed E-state index contributed by atoms with van der Waals surface area (Å²) in [5.74, 6) is 0.767. The molecule has 0 aliphatic heterocycles. The van der Waals surface area contributed by atoms with Crippen LogP contribution in [0.3, 0.4) is 0 Å². The zero-order valence-electron chi connectivity index (χ0n) is 14.4. The average Bonchev–Trinajstić information content (AvgIpc) is 3.10. The van der Waals surface area contributed by atoms with Crippen LogP contribution in [0.5, 0.6) is 5.75 Å². The quantitative estimate of drug-likeness (QED) is 0.464. The summed E-state index contributed by atoms with van der Waals surface area (Å²) >= 11 is 5.93. The van der Waals surface area contributed by atoms with Crippen molar-refractivity contribution in [2.24, 2.45) is 0 Å². The van der Waals surface area contributed by atoms with Crippen LogP contribution in [0.1, 0.15) is 22.3 Å². The molecule has 0 fully saturated rings. The van der Waals surface area contributed by atoms with Gasteiger partial charge < -0.3 is 13.9 Å². The maximum Gasteiger partial charge on any atom is 0.305 e. The molecule has 3 rings (SSSR count). The van der Waals surface area contributed by atoms with Crippen molar-refractivity contribution < 1.29 is 23.5 Å². The predicted octanol–water partition coefficient (Wildman–Crippen LogP) is 4.68. The van der Waals surface area contributed by atoms with Gasteiger partial charge in [-0.3, -0.25) is 9.59 Å². The minimum atomic E-state index is -0.338. The third kappa shape index (κ3) is 3.44. The van der Waals surface area contributed by atoms with Gasteiger partial charge in [-0.2, -0.15) is 0 Å². The predicted molar refractivity (Wildman–Crippen MR) is 98.9 cm³/mol. The van der Waals surface area contributed by atoms with Gasteiger partial charge in [0.1, 0.15) is 5.76 Å². The Hall–Kier alpha value is -2.79. The van der Waals surface area contributed by atoms with E-state index in [-0.39, 0.29) is 12.4 Å². The molecule has 0 bridgehead atoms. The Balaban J connectivity index is 2.12. The minimum Gasteiger partial charge on any atom is -0.493 e. The SMILES string of the molecule is COC(=O)CCc1cc(OC)c2oc(-c3ccc(Cl)cc3)cc2c1C=O.